The summed E-state index contributed by atoms with van der Waals surface area (Å²) < 4.78 is 5.20. The van der Waals surface area contributed by atoms with Crippen molar-refractivity contribution in [2.75, 3.05) is 0 Å². The van der Waals surface area contributed by atoms with E-state index in [1.165, 1.54) is 19.3 Å². The fourth-order valence-corrected chi connectivity index (χ4v) is 1.45. The van der Waals surface area contributed by atoms with Crippen molar-refractivity contribution in [1.29, 1.82) is 0 Å². The molecule has 0 atom stereocenters. The molecule has 1 saturated carbocycles. The van der Waals surface area contributed by atoms with Crippen LogP contribution in [0, 0.1) is 0 Å². The first-order valence-electron chi connectivity index (χ1n) is 4.52. The predicted molar refractivity (Wildman–Crippen MR) is 51.2 cm³/mol. The zero-order chi connectivity index (χ0) is 8.10. The number of hydrogen-bond acceptors (Lipinski definition) is 2. The number of hydrogen-bond donors (Lipinski definition) is 0. The van der Waals surface area contributed by atoms with Crippen LogP contribution < -0.4 is 0 Å². The van der Waals surface area contributed by atoms with Gasteiger partial charge in [0.15, 0.2) is 0 Å². The van der Waals surface area contributed by atoms with Crippen LogP contribution in [0.1, 0.15) is 48.3 Å². The van der Waals surface area contributed by atoms with Gasteiger partial charge in [-0.25, -0.2) is 0 Å². The quantitative estimate of drug-likeness (QED) is 0.502. The van der Waals surface area contributed by atoms with E-state index in [1.807, 2.05) is 6.92 Å². The van der Waals surface area contributed by atoms with Crippen LogP contribution in [-0.2, 0) is 9.53 Å². The summed E-state index contributed by atoms with van der Waals surface area (Å²) >= 11 is 0. The molecule has 0 bridgehead atoms. The van der Waals surface area contributed by atoms with Gasteiger partial charge in [0, 0.05) is 6.42 Å². The van der Waals surface area contributed by atoms with Crippen LogP contribution in [0.2, 0.25) is 0 Å². The summed E-state index contributed by atoms with van der Waals surface area (Å²) in [4.78, 5) is 10.9. The van der Waals surface area contributed by atoms with Crippen molar-refractivity contribution in [1.82, 2.24) is 0 Å². The van der Waals surface area contributed by atoms with E-state index in [0.29, 0.717) is 6.42 Å². The largest absolute Gasteiger partial charge is 2.00 e. The Morgan fingerprint density at radius 2 is 2.00 bits per heavy atom. The van der Waals surface area contributed by atoms with Gasteiger partial charge >= 0.3 is 43.7 Å². The normalized spacial score (nSPS) is 18.1. The van der Waals surface area contributed by atoms with Crippen molar-refractivity contribution < 1.29 is 12.4 Å². The van der Waals surface area contributed by atoms with Gasteiger partial charge in [0.25, 0.3) is 0 Å². The number of carbonyl (C=O) groups excluding carboxylic acids is 1. The molecule has 0 saturated heterocycles. The Kier molecular flexibility index (Phi) is 7.60. The number of ether oxygens (including phenoxy) is 1. The molecule has 0 aromatic rings. The molecule has 0 N–H and O–H groups in total. The minimum absolute atomic E-state index is 0. The summed E-state index contributed by atoms with van der Waals surface area (Å²) in [6.07, 6.45) is 6.65. The molecule has 0 spiro atoms. The Morgan fingerprint density at radius 3 is 2.50 bits per heavy atom. The van der Waals surface area contributed by atoms with Crippen molar-refractivity contribution >= 4 is 43.7 Å². The van der Waals surface area contributed by atoms with E-state index in [1.54, 1.807) is 0 Å². The van der Waals surface area contributed by atoms with Gasteiger partial charge in [0.1, 0.15) is 6.10 Å². The molecule has 12 heavy (non-hydrogen) atoms. The molecule has 0 radical (unpaired) electrons. The van der Waals surface area contributed by atoms with Gasteiger partial charge in [-0.05, 0) is 25.7 Å². The Bertz CT molecular complexity index is 139. The third kappa shape index (κ3) is 4.68. The third-order valence-electron chi connectivity index (χ3n) is 2.14. The zero-order valence-electron chi connectivity index (χ0n) is 9.84. The van der Waals surface area contributed by atoms with Gasteiger partial charge in [0.2, 0.25) is 0 Å². The van der Waals surface area contributed by atoms with Gasteiger partial charge in [-0.2, -0.15) is 0 Å². The second-order valence-electron chi connectivity index (χ2n) is 3.10. The smallest absolute Gasteiger partial charge is 1.00 e. The fraction of sp³-hybridized carbons (Fsp3) is 0.889. The monoisotopic (exact) mass is 198 g/mol. The van der Waals surface area contributed by atoms with E-state index >= 15 is 0 Å². The molecule has 0 aromatic heterocycles. The summed E-state index contributed by atoms with van der Waals surface area (Å²) in [6.45, 7) is 1.84. The van der Waals surface area contributed by atoms with Crippen molar-refractivity contribution in [2.45, 2.75) is 51.6 Å². The van der Waals surface area contributed by atoms with Crippen molar-refractivity contribution in [2.24, 2.45) is 0 Å². The number of esters is 1. The van der Waals surface area contributed by atoms with E-state index in [2.05, 4.69) is 0 Å². The Balaban J connectivity index is -0.000000403. The topological polar surface area (TPSA) is 26.3 Å². The molecular formula is C9H18CaO2. The van der Waals surface area contributed by atoms with Gasteiger partial charge in [-0.3, -0.25) is 4.79 Å². The Labute approximate surface area is 107 Å². The summed E-state index contributed by atoms with van der Waals surface area (Å²) in [5.74, 6) is -0.0445. The number of carbonyl (C=O) groups is 1. The molecule has 1 fully saturated rings. The molecule has 68 valence electrons. The van der Waals surface area contributed by atoms with E-state index < -0.39 is 0 Å². The summed E-state index contributed by atoms with van der Waals surface area (Å²) in [6, 6.07) is 0. The van der Waals surface area contributed by atoms with Crippen LogP contribution in [-0.4, -0.2) is 49.8 Å². The van der Waals surface area contributed by atoms with Crippen LogP contribution in [0.15, 0.2) is 0 Å². The fourth-order valence-electron chi connectivity index (χ4n) is 1.45. The standard InChI is InChI=1S/C9H16O2.Ca.2H/c1-2-9(10)11-8-6-4-3-5-7-8;;;/h8H,2-7H2,1H3;;;/q;+2;2*-1. The van der Waals surface area contributed by atoms with Crippen LogP contribution in [0.3, 0.4) is 0 Å². The van der Waals surface area contributed by atoms with Crippen molar-refractivity contribution in [3.63, 3.8) is 0 Å². The van der Waals surface area contributed by atoms with Crippen LogP contribution in [0.5, 0.6) is 0 Å². The SMILES string of the molecule is CCC(=O)OC1CCCCC1.[Ca+2].[H-].[H-]. The molecular weight excluding hydrogens is 180 g/mol. The van der Waals surface area contributed by atoms with E-state index in [9.17, 15) is 4.79 Å². The summed E-state index contributed by atoms with van der Waals surface area (Å²) in [5.41, 5.74) is 0. The van der Waals surface area contributed by atoms with Gasteiger partial charge in [0.05, 0.1) is 0 Å². The molecule has 0 amide bonds. The van der Waals surface area contributed by atoms with E-state index in [0.717, 1.165) is 12.8 Å². The number of rotatable bonds is 2. The van der Waals surface area contributed by atoms with Gasteiger partial charge in [-0.1, -0.05) is 13.3 Å². The van der Waals surface area contributed by atoms with Gasteiger partial charge in [-0.15, -0.1) is 0 Å². The second-order valence-corrected chi connectivity index (χ2v) is 3.10. The Morgan fingerprint density at radius 1 is 1.42 bits per heavy atom. The maximum atomic E-state index is 10.9. The molecule has 2 nitrogen and oxygen atoms in total. The predicted octanol–water partition coefficient (Wildman–Crippen LogP) is 2.12. The molecule has 1 aliphatic rings. The Hall–Kier alpha value is 0.730. The molecule has 1 rings (SSSR count). The minimum atomic E-state index is -0.0445. The average Bonchev–Trinajstić information content (AvgIpc) is 2.06. The third-order valence-corrected chi connectivity index (χ3v) is 2.14. The molecule has 0 aliphatic heterocycles. The van der Waals surface area contributed by atoms with Crippen LogP contribution in [0.25, 0.3) is 0 Å². The second kappa shape index (κ2) is 7.16. The maximum Gasteiger partial charge on any atom is 2.00 e. The molecule has 3 heteroatoms. The molecule has 0 aromatic carbocycles. The first kappa shape index (κ1) is 12.7. The zero-order valence-corrected chi connectivity index (χ0v) is 10.1. The van der Waals surface area contributed by atoms with E-state index in [4.69, 9.17) is 4.74 Å². The molecule has 1 aliphatic carbocycles. The van der Waals surface area contributed by atoms with Crippen molar-refractivity contribution in [3.05, 3.63) is 0 Å². The van der Waals surface area contributed by atoms with E-state index in [-0.39, 0.29) is 52.7 Å². The molecule has 0 unspecified atom stereocenters. The van der Waals surface area contributed by atoms with Crippen LogP contribution in [0.4, 0.5) is 0 Å². The van der Waals surface area contributed by atoms with Gasteiger partial charge < -0.3 is 7.59 Å². The first-order chi connectivity index (χ1) is 5.33. The maximum absolute atomic E-state index is 10.9. The summed E-state index contributed by atoms with van der Waals surface area (Å²) in [5, 5.41) is 0. The average molecular weight is 198 g/mol. The molecule has 0 heterocycles. The first-order valence-corrected chi connectivity index (χ1v) is 4.52. The summed E-state index contributed by atoms with van der Waals surface area (Å²) in [7, 11) is 0. The van der Waals surface area contributed by atoms with Crippen molar-refractivity contribution in [3.8, 4) is 0 Å². The minimum Gasteiger partial charge on any atom is -1.00 e. The van der Waals surface area contributed by atoms with Crippen LogP contribution >= 0.6 is 0 Å².